The first-order valence-corrected chi connectivity index (χ1v) is 9.59. The average Bonchev–Trinajstić information content (AvgIpc) is 3.17. The van der Waals surface area contributed by atoms with Gasteiger partial charge in [0.15, 0.2) is 5.65 Å². The van der Waals surface area contributed by atoms with E-state index in [-0.39, 0.29) is 12.5 Å². The van der Waals surface area contributed by atoms with E-state index in [0.717, 1.165) is 43.2 Å². The number of carbonyl (C=O) groups excluding carboxylic acids is 1. The van der Waals surface area contributed by atoms with Gasteiger partial charge in [-0.25, -0.2) is 19.6 Å². The highest BCUT2D eigenvalue weighted by atomic mass is 16.5. The lowest BCUT2D eigenvalue weighted by molar-refractivity contribution is -0.121. The Bertz CT molecular complexity index is 953. The molecule has 10 heteroatoms. The molecular formula is C19H24N8O2. The summed E-state index contributed by atoms with van der Waals surface area (Å²) >= 11 is 0. The molecule has 0 saturated carbocycles. The topological polar surface area (TPSA) is 101 Å². The molecule has 0 atom stereocenters. The van der Waals surface area contributed by atoms with Gasteiger partial charge in [-0.15, -0.1) is 0 Å². The van der Waals surface area contributed by atoms with E-state index in [1.54, 1.807) is 18.0 Å². The Morgan fingerprint density at radius 1 is 1.14 bits per heavy atom. The van der Waals surface area contributed by atoms with E-state index in [2.05, 4.69) is 35.2 Å². The van der Waals surface area contributed by atoms with E-state index < -0.39 is 0 Å². The normalized spacial score (nSPS) is 14.4. The number of carbonyl (C=O) groups is 1. The fraction of sp³-hybridized carbons (Fsp3) is 0.421. The maximum atomic E-state index is 12.1. The van der Waals surface area contributed by atoms with Gasteiger partial charge in [0.05, 0.1) is 18.2 Å². The summed E-state index contributed by atoms with van der Waals surface area (Å²) in [5, 5.41) is 8.00. The summed E-state index contributed by atoms with van der Waals surface area (Å²) in [6.07, 6.45) is 5.08. The Hall–Kier alpha value is -3.27. The molecule has 1 amide bonds. The molecular weight excluding hydrogens is 372 g/mol. The maximum absolute atomic E-state index is 12.1. The molecule has 0 aliphatic carbocycles. The standard InChI is InChI=1S/C19H24N8O2/c1-29-11-6-21-17(28)13-27-19-15(12-24-27)18(22-14-23-19)26-9-7-25(8-10-26)16-4-2-3-5-20-16/h2-5,12,14H,6-11,13H2,1H3,(H,21,28). The molecule has 4 heterocycles. The zero-order valence-corrected chi connectivity index (χ0v) is 16.4. The number of nitrogens with one attached hydrogen (secondary N) is 1. The highest BCUT2D eigenvalue weighted by molar-refractivity contribution is 5.88. The minimum Gasteiger partial charge on any atom is -0.383 e. The molecule has 1 N–H and O–H groups in total. The van der Waals surface area contributed by atoms with Crippen LogP contribution in [0.3, 0.4) is 0 Å². The molecule has 1 aliphatic heterocycles. The summed E-state index contributed by atoms with van der Waals surface area (Å²) < 4.78 is 6.55. The molecule has 3 aromatic heterocycles. The number of rotatable bonds is 7. The van der Waals surface area contributed by atoms with E-state index in [0.29, 0.717) is 18.8 Å². The van der Waals surface area contributed by atoms with E-state index in [4.69, 9.17) is 4.74 Å². The van der Waals surface area contributed by atoms with Gasteiger partial charge in [0, 0.05) is 46.0 Å². The van der Waals surface area contributed by atoms with Gasteiger partial charge in [-0.2, -0.15) is 5.10 Å². The summed E-state index contributed by atoms with van der Waals surface area (Å²) in [6, 6.07) is 5.95. The van der Waals surface area contributed by atoms with Crippen molar-refractivity contribution in [3.8, 4) is 0 Å². The summed E-state index contributed by atoms with van der Waals surface area (Å²) in [4.78, 5) is 29.9. The molecule has 0 aromatic carbocycles. The van der Waals surface area contributed by atoms with Gasteiger partial charge in [-0.05, 0) is 12.1 Å². The molecule has 29 heavy (non-hydrogen) atoms. The Balaban J connectivity index is 1.45. The van der Waals surface area contributed by atoms with Crippen molar-refractivity contribution < 1.29 is 9.53 Å². The number of amides is 1. The molecule has 1 aliphatic rings. The molecule has 0 spiro atoms. The van der Waals surface area contributed by atoms with Crippen molar-refractivity contribution in [2.24, 2.45) is 0 Å². The van der Waals surface area contributed by atoms with Crippen molar-refractivity contribution in [3.05, 3.63) is 36.9 Å². The third-order valence-electron chi connectivity index (χ3n) is 4.89. The predicted octanol–water partition coefficient (Wildman–Crippen LogP) is 0.311. The lowest BCUT2D eigenvalue weighted by Gasteiger charge is -2.36. The van der Waals surface area contributed by atoms with Crippen LogP contribution < -0.4 is 15.1 Å². The summed E-state index contributed by atoms with van der Waals surface area (Å²) in [7, 11) is 1.60. The van der Waals surface area contributed by atoms with Gasteiger partial charge in [-0.3, -0.25) is 4.79 Å². The van der Waals surface area contributed by atoms with Gasteiger partial charge >= 0.3 is 0 Å². The Morgan fingerprint density at radius 2 is 1.97 bits per heavy atom. The Morgan fingerprint density at radius 3 is 2.72 bits per heavy atom. The molecule has 3 aromatic rings. The number of methoxy groups -OCH3 is 1. The van der Waals surface area contributed by atoms with Crippen LogP contribution in [-0.2, 0) is 16.1 Å². The number of pyridine rings is 1. The highest BCUT2D eigenvalue weighted by Gasteiger charge is 2.22. The number of anilines is 2. The van der Waals surface area contributed by atoms with Crippen molar-refractivity contribution in [1.29, 1.82) is 0 Å². The van der Waals surface area contributed by atoms with Gasteiger partial charge in [0.25, 0.3) is 0 Å². The van der Waals surface area contributed by atoms with Crippen LogP contribution in [0.25, 0.3) is 11.0 Å². The summed E-state index contributed by atoms with van der Waals surface area (Å²) in [5.74, 6) is 1.71. The monoisotopic (exact) mass is 396 g/mol. The van der Waals surface area contributed by atoms with Gasteiger partial charge in [-0.1, -0.05) is 6.07 Å². The molecule has 0 bridgehead atoms. The number of aromatic nitrogens is 5. The van der Waals surface area contributed by atoms with Crippen LogP contribution in [0.15, 0.2) is 36.9 Å². The van der Waals surface area contributed by atoms with Crippen LogP contribution in [0.1, 0.15) is 0 Å². The smallest absolute Gasteiger partial charge is 0.241 e. The third-order valence-corrected chi connectivity index (χ3v) is 4.89. The number of hydrogen-bond acceptors (Lipinski definition) is 8. The van der Waals surface area contributed by atoms with E-state index in [1.807, 2.05) is 24.4 Å². The fourth-order valence-corrected chi connectivity index (χ4v) is 3.42. The zero-order valence-electron chi connectivity index (χ0n) is 16.4. The van der Waals surface area contributed by atoms with Crippen molar-refractivity contribution in [1.82, 2.24) is 30.0 Å². The second-order valence-corrected chi connectivity index (χ2v) is 6.74. The van der Waals surface area contributed by atoms with Crippen LogP contribution in [0.4, 0.5) is 11.6 Å². The lowest BCUT2D eigenvalue weighted by Crippen LogP contribution is -2.47. The molecule has 1 fully saturated rings. The van der Waals surface area contributed by atoms with E-state index in [1.165, 1.54) is 6.33 Å². The van der Waals surface area contributed by atoms with Gasteiger partial charge in [0.2, 0.25) is 5.91 Å². The largest absolute Gasteiger partial charge is 0.383 e. The Labute approximate surface area is 168 Å². The SMILES string of the molecule is COCCNC(=O)Cn1ncc2c(N3CCN(c4ccccn4)CC3)ncnc21. The molecule has 0 radical (unpaired) electrons. The molecule has 0 unspecified atom stereocenters. The number of ether oxygens (including phenoxy) is 1. The second-order valence-electron chi connectivity index (χ2n) is 6.74. The number of piperazine rings is 1. The minimum absolute atomic E-state index is 0.108. The van der Waals surface area contributed by atoms with Crippen LogP contribution in [0.2, 0.25) is 0 Å². The second kappa shape index (κ2) is 8.82. The first kappa shape index (κ1) is 19.1. The highest BCUT2D eigenvalue weighted by Crippen LogP contribution is 2.24. The Kier molecular flexibility index (Phi) is 5.80. The van der Waals surface area contributed by atoms with Crippen LogP contribution in [0, 0.1) is 0 Å². The molecule has 4 rings (SSSR count). The predicted molar refractivity (Wildman–Crippen MR) is 109 cm³/mol. The van der Waals surface area contributed by atoms with Gasteiger partial charge in [0.1, 0.15) is 24.5 Å². The number of nitrogens with zero attached hydrogens (tertiary/aromatic N) is 7. The van der Waals surface area contributed by atoms with Crippen LogP contribution >= 0.6 is 0 Å². The summed E-state index contributed by atoms with van der Waals surface area (Å²) in [6.45, 7) is 4.42. The quantitative estimate of drug-likeness (QED) is 0.570. The van der Waals surface area contributed by atoms with E-state index >= 15 is 0 Å². The van der Waals surface area contributed by atoms with E-state index in [9.17, 15) is 4.79 Å². The van der Waals surface area contributed by atoms with Gasteiger partial charge < -0.3 is 19.9 Å². The van der Waals surface area contributed by atoms with Crippen LogP contribution in [0.5, 0.6) is 0 Å². The number of fused-ring (bicyclic) bond motifs is 1. The lowest BCUT2D eigenvalue weighted by atomic mass is 10.2. The molecule has 152 valence electrons. The minimum atomic E-state index is -0.129. The third kappa shape index (κ3) is 4.27. The van der Waals surface area contributed by atoms with Crippen molar-refractivity contribution in [3.63, 3.8) is 0 Å². The fourth-order valence-electron chi connectivity index (χ4n) is 3.42. The first-order valence-electron chi connectivity index (χ1n) is 9.59. The molecule has 1 saturated heterocycles. The van der Waals surface area contributed by atoms with Crippen LogP contribution in [-0.4, -0.2) is 77.1 Å². The zero-order chi connectivity index (χ0) is 20.1. The first-order chi connectivity index (χ1) is 14.3. The van der Waals surface area contributed by atoms with Crippen molar-refractivity contribution in [2.45, 2.75) is 6.54 Å². The van der Waals surface area contributed by atoms with Crippen molar-refractivity contribution in [2.75, 3.05) is 56.2 Å². The van der Waals surface area contributed by atoms with Crippen molar-refractivity contribution >= 4 is 28.6 Å². The molecule has 10 nitrogen and oxygen atoms in total. The summed E-state index contributed by atoms with van der Waals surface area (Å²) in [5.41, 5.74) is 0.657. The average molecular weight is 396 g/mol. The number of hydrogen-bond donors (Lipinski definition) is 1. The maximum Gasteiger partial charge on any atom is 0.241 e.